The minimum absolute atomic E-state index is 0.533. The van der Waals surface area contributed by atoms with Crippen LogP contribution in [0.2, 0.25) is 0 Å². The number of aromatic nitrogens is 5. The second-order valence-electron chi connectivity index (χ2n) is 3.95. The molecule has 96 valence electrons. The molecule has 0 amide bonds. The molecule has 7 heteroatoms. The summed E-state index contributed by atoms with van der Waals surface area (Å²) in [4.78, 5) is 8.63. The first kappa shape index (κ1) is 12.3. The summed E-state index contributed by atoms with van der Waals surface area (Å²) in [7, 11) is 0. The van der Waals surface area contributed by atoms with Crippen LogP contribution < -0.4 is 11.1 Å². The van der Waals surface area contributed by atoms with Gasteiger partial charge in [0.25, 0.3) is 0 Å². The molecule has 0 unspecified atom stereocenters. The molecule has 0 aliphatic heterocycles. The van der Waals surface area contributed by atoms with E-state index in [0.717, 1.165) is 30.2 Å². The third kappa shape index (κ3) is 2.73. The van der Waals surface area contributed by atoms with Crippen LogP contribution in [-0.4, -0.2) is 31.5 Å². The van der Waals surface area contributed by atoms with Crippen molar-refractivity contribution in [3.05, 3.63) is 23.8 Å². The van der Waals surface area contributed by atoms with Crippen molar-refractivity contribution in [2.75, 3.05) is 17.6 Å². The van der Waals surface area contributed by atoms with E-state index in [4.69, 9.17) is 5.73 Å². The molecule has 0 aliphatic rings. The van der Waals surface area contributed by atoms with Crippen LogP contribution in [0.15, 0.2) is 12.4 Å². The molecule has 2 rings (SSSR count). The molecule has 0 atom stereocenters. The van der Waals surface area contributed by atoms with Crippen LogP contribution in [-0.2, 0) is 13.0 Å². The molecular formula is C11H17N7. The number of hydrogen-bond acceptors (Lipinski definition) is 6. The van der Waals surface area contributed by atoms with E-state index < -0.39 is 0 Å². The van der Waals surface area contributed by atoms with Gasteiger partial charge in [0.15, 0.2) is 0 Å². The Morgan fingerprint density at radius 1 is 1.39 bits per heavy atom. The minimum Gasteiger partial charge on any atom is -0.383 e. The molecule has 0 saturated carbocycles. The Morgan fingerprint density at radius 3 is 2.89 bits per heavy atom. The number of anilines is 2. The van der Waals surface area contributed by atoms with Gasteiger partial charge in [-0.15, -0.1) is 5.10 Å². The van der Waals surface area contributed by atoms with Crippen molar-refractivity contribution in [3.8, 4) is 0 Å². The van der Waals surface area contributed by atoms with Crippen molar-refractivity contribution in [3.63, 3.8) is 0 Å². The lowest BCUT2D eigenvalue weighted by atomic mass is 10.3. The number of rotatable bonds is 5. The Balaban J connectivity index is 2.02. The maximum absolute atomic E-state index is 5.84. The van der Waals surface area contributed by atoms with Crippen molar-refractivity contribution in [1.82, 2.24) is 25.0 Å². The lowest BCUT2D eigenvalue weighted by Gasteiger charge is -2.11. The maximum atomic E-state index is 5.84. The van der Waals surface area contributed by atoms with Gasteiger partial charge in [0, 0.05) is 24.7 Å². The fourth-order valence-electron chi connectivity index (χ4n) is 1.55. The second kappa shape index (κ2) is 5.44. The predicted molar refractivity (Wildman–Crippen MR) is 69.1 cm³/mol. The van der Waals surface area contributed by atoms with Gasteiger partial charge in [0.2, 0.25) is 0 Å². The van der Waals surface area contributed by atoms with Gasteiger partial charge in [-0.25, -0.2) is 9.97 Å². The third-order valence-corrected chi connectivity index (χ3v) is 2.65. The fourth-order valence-corrected chi connectivity index (χ4v) is 1.55. The van der Waals surface area contributed by atoms with Gasteiger partial charge >= 0.3 is 0 Å². The first-order chi connectivity index (χ1) is 8.70. The zero-order valence-corrected chi connectivity index (χ0v) is 10.6. The second-order valence-corrected chi connectivity index (χ2v) is 3.95. The standard InChI is InChI=1S/C11H17N7/c1-3-9-15-10(12)8(2)11(16-9)13-4-6-18-7-5-14-17-18/h5,7H,3-4,6H2,1-2H3,(H3,12,13,15,16). The minimum atomic E-state index is 0.533. The lowest BCUT2D eigenvalue weighted by molar-refractivity contribution is 0.608. The highest BCUT2D eigenvalue weighted by atomic mass is 15.4. The maximum Gasteiger partial charge on any atom is 0.134 e. The molecule has 0 fully saturated rings. The Hall–Kier alpha value is -2.18. The third-order valence-electron chi connectivity index (χ3n) is 2.65. The first-order valence-corrected chi connectivity index (χ1v) is 5.91. The Kier molecular flexibility index (Phi) is 3.71. The van der Waals surface area contributed by atoms with E-state index in [-0.39, 0.29) is 0 Å². The van der Waals surface area contributed by atoms with Crippen LogP contribution in [0.25, 0.3) is 0 Å². The fraction of sp³-hybridized carbons (Fsp3) is 0.455. The average Bonchev–Trinajstić information content (AvgIpc) is 2.87. The molecule has 2 aromatic rings. The van der Waals surface area contributed by atoms with Crippen molar-refractivity contribution in [1.29, 1.82) is 0 Å². The summed E-state index contributed by atoms with van der Waals surface area (Å²) in [5.74, 6) is 2.07. The normalized spacial score (nSPS) is 10.6. The molecule has 18 heavy (non-hydrogen) atoms. The van der Waals surface area contributed by atoms with Gasteiger partial charge in [-0.2, -0.15) is 0 Å². The van der Waals surface area contributed by atoms with Gasteiger partial charge in [0.05, 0.1) is 12.7 Å². The SMILES string of the molecule is CCc1nc(N)c(C)c(NCCn2ccnn2)n1. The number of aryl methyl sites for hydroxylation is 1. The molecule has 0 radical (unpaired) electrons. The van der Waals surface area contributed by atoms with E-state index >= 15 is 0 Å². The number of nitrogen functional groups attached to an aromatic ring is 1. The van der Waals surface area contributed by atoms with Crippen LogP contribution in [0.3, 0.4) is 0 Å². The molecule has 3 N–H and O–H groups in total. The van der Waals surface area contributed by atoms with Gasteiger partial charge in [-0.05, 0) is 6.92 Å². The predicted octanol–water partition coefficient (Wildman–Crippen LogP) is 0.633. The van der Waals surface area contributed by atoms with Gasteiger partial charge in [0.1, 0.15) is 17.5 Å². The topological polar surface area (TPSA) is 94.5 Å². The molecule has 2 heterocycles. The zero-order valence-electron chi connectivity index (χ0n) is 10.6. The summed E-state index contributed by atoms with van der Waals surface area (Å²) in [6, 6.07) is 0. The molecule has 0 bridgehead atoms. The summed E-state index contributed by atoms with van der Waals surface area (Å²) in [6.07, 6.45) is 4.24. The summed E-state index contributed by atoms with van der Waals surface area (Å²) in [5, 5.41) is 10.9. The van der Waals surface area contributed by atoms with E-state index in [1.54, 1.807) is 10.9 Å². The van der Waals surface area contributed by atoms with E-state index in [9.17, 15) is 0 Å². The van der Waals surface area contributed by atoms with Crippen LogP contribution >= 0.6 is 0 Å². The first-order valence-electron chi connectivity index (χ1n) is 5.91. The van der Waals surface area contributed by atoms with E-state index in [1.807, 2.05) is 20.0 Å². The quantitative estimate of drug-likeness (QED) is 0.805. The molecule has 0 saturated heterocycles. The van der Waals surface area contributed by atoms with Crippen molar-refractivity contribution in [2.45, 2.75) is 26.8 Å². The van der Waals surface area contributed by atoms with Crippen molar-refractivity contribution in [2.24, 2.45) is 0 Å². The summed E-state index contributed by atoms with van der Waals surface area (Å²) >= 11 is 0. The largest absolute Gasteiger partial charge is 0.383 e. The number of hydrogen-bond donors (Lipinski definition) is 2. The Labute approximate surface area is 105 Å². The molecular weight excluding hydrogens is 230 g/mol. The summed E-state index contributed by atoms with van der Waals surface area (Å²) in [5.41, 5.74) is 6.73. The smallest absolute Gasteiger partial charge is 0.134 e. The van der Waals surface area contributed by atoms with E-state index in [0.29, 0.717) is 12.4 Å². The highest BCUT2D eigenvalue weighted by Gasteiger charge is 2.07. The Morgan fingerprint density at radius 2 is 2.22 bits per heavy atom. The van der Waals surface area contributed by atoms with Crippen molar-refractivity contribution < 1.29 is 0 Å². The lowest BCUT2D eigenvalue weighted by Crippen LogP contribution is -2.14. The molecule has 0 aliphatic carbocycles. The van der Waals surface area contributed by atoms with Gasteiger partial charge in [-0.1, -0.05) is 12.1 Å². The van der Waals surface area contributed by atoms with E-state index in [2.05, 4.69) is 25.6 Å². The molecule has 0 aromatic carbocycles. The Bertz CT molecular complexity index is 506. The number of nitrogens with one attached hydrogen (secondary N) is 1. The molecule has 0 spiro atoms. The van der Waals surface area contributed by atoms with Crippen LogP contribution in [0.1, 0.15) is 18.3 Å². The average molecular weight is 247 g/mol. The van der Waals surface area contributed by atoms with E-state index in [1.165, 1.54) is 0 Å². The van der Waals surface area contributed by atoms with Gasteiger partial charge < -0.3 is 11.1 Å². The van der Waals surface area contributed by atoms with Crippen LogP contribution in [0.4, 0.5) is 11.6 Å². The summed E-state index contributed by atoms with van der Waals surface area (Å²) in [6.45, 7) is 5.35. The highest BCUT2D eigenvalue weighted by molar-refractivity contribution is 5.54. The van der Waals surface area contributed by atoms with Gasteiger partial charge in [-0.3, -0.25) is 4.68 Å². The summed E-state index contributed by atoms with van der Waals surface area (Å²) < 4.78 is 1.76. The van der Waals surface area contributed by atoms with Crippen LogP contribution in [0.5, 0.6) is 0 Å². The highest BCUT2D eigenvalue weighted by Crippen LogP contribution is 2.17. The van der Waals surface area contributed by atoms with Crippen molar-refractivity contribution >= 4 is 11.6 Å². The molecule has 7 nitrogen and oxygen atoms in total. The zero-order chi connectivity index (χ0) is 13.0. The monoisotopic (exact) mass is 247 g/mol. The molecule has 2 aromatic heterocycles. The van der Waals surface area contributed by atoms with Crippen LogP contribution in [0, 0.1) is 6.92 Å². The number of nitrogens with zero attached hydrogens (tertiary/aromatic N) is 5. The number of nitrogens with two attached hydrogens (primary N) is 1.